The van der Waals surface area contributed by atoms with Crippen LogP contribution in [0.15, 0.2) is 72.1 Å². The normalized spacial score (nSPS) is 13.3. The predicted octanol–water partition coefficient (Wildman–Crippen LogP) is 4.42. The van der Waals surface area contributed by atoms with E-state index in [0.29, 0.717) is 28.5 Å². The van der Waals surface area contributed by atoms with Crippen molar-refractivity contribution in [2.45, 2.75) is 6.54 Å². The van der Waals surface area contributed by atoms with Crippen LogP contribution in [0.4, 0.5) is 10.5 Å². The Kier molecular flexibility index (Phi) is 6.89. The van der Waals surface area contributed by atoms with Crippen LogP contribution in [-0.2, 0) is 6.54 Å². The summed E-state index contributed by atoms with van der Waals surface area (Å²) in [5, 5.41) is 8.76. The zero-order valence-corrected chi connectivity index (χ0v) is 19.0. The number of hydrogen-bond donors (Lipinski definition) is 1. The number of pyridine rings is 1. The van der Waals surface area contributed by atoms with Gasteiger partial charge in [0.1, 0.15) is 0 Å². The van der Waals surface area contributed by atoms with E-state index in [1.807, 2.05) is 36.4 Å². The molecule has 2 heterocycles. The Morgan fingerprint density at radius 3 is 2.61 bits per heavy atom. The van der Waals surface area contributed by atoms with E-state index < -0.39 is 0 Å². The number of hydrazone groups is 1. The summed E-state index contributed by atoms with van der Waals surface area (Å²) in [7, 11) is 3.16. The molecule has 0 bridgehead atoms. The Morgan fingerprint density at radius 2 is 1.85 bits per heavy atom. The van der Waals surface area contributed by atoms with E-state index in [1.54, 1.807) is 44.8 Å². The molecule has 0 atom stereocenters. The molecular formula is C24H22N4O4S. The summed E-state index contributed by atoms with van der Waals surface area (Å²) in [5.74, 6) is 1.47. The van der Waals surface area contributed by atoms with Gasteiger partial charge in [0.25, 0.3) is 5.91 Å². The van der Waals surface area contributed by atoms with Crippen LogP contribution >= 0.6 is 11.8 Å². The molecule has 0 saturated heterocycles. The zero-order chi connectivity index (χ0) is 23.2. The topological polar surface area (TPSA) is 93.1 Å². The summed E-state index contributed by atoms with van der Waals surface area (Å²) in [4.78, 5) is 28.8. The first kappa shape index (κ1) is 22.3. The van der Waals surface area contributed by atoms with E-state index in [0.717, 1.165) is 16.8 Å². The van der Waals surface area contributed by atoms with Crippen molar-refractivity contribution in [3.8, 4) is 11.5 Å². The van der Waals surface area contributed by atoms with Crippen molar-refractivity contribution in [3.63, 3.8) is 0 Å². The molecule has 0 spiro atoms. The molecule has 3 aromatic rings. The third-order valence-electron chi connectivity index (χ3n) is 4.96. The fourth-order valence-corrected chi connectivity index (χ4v) is 4.04. The van der Waals surface area contributed by atoms with Gasteiger partial charge in [-0.15, -0.1) is 0 Å². The van der Waals surface area contributed by atoms with E-state index in [-0.39, 0.29) is 17.7 Å². The van der Waals surface area contributed by atoms with Gasteiger partial charge in [-0.05, 0) is 48.0 Å². The molecule has 4 rings (SSSR count). The monoisotopic (exact) mass is 462 g/mol. The molecule has 8 nitrogen and oxygen atoms in total. The van der Waals surface area contributed by atoms with Crippen LogP contribution in [-0.4, -0.2) is 46.8 Å². The van der Waals surface area contributed by atoms with Gasteiger partial charge in [-0.3, -0.25) is 14.6 Å². The fraction of sp³-hybridized carbons (Fsp3) is 0.167. The lowest BCUT2D eigenvalue weighted by Gasteiger charge is -2.23. The molecule has 1 N–H and O–H groups in total. The number of methoxy groups -OCH3 is 2. The van der Waals surface area contributed by atoms with E-state index in [1.165, 1.54) is 16.8 Å². The smallest absolute Gasteiger partial charge is 0.302 e. The van der Waals surface area contributed by atoms with Crippen molar-refractivity contribution < 1.29 is 19.1 Å². The van der Waals surface area contributed by atoms with Gasteiger partial charge in [-0.1, -0.05) is 23.9 Å². The quantitative estimate of drug-likeness (QED) is 0.559. The third kappa shape index (κ3) is 5.32. The van der Waals surface area contributed by atoms with Crippen LogP contribution in [0, 0.1) is 0 Å². The number of carbonyl (C=O) groups excluding carboxylic acids is 2. The van der Waals surface area contributed by atoms with Gasteiger partial charge in [0, 0.05) is 35.0 Å². The number of aromatic nitrogens is 1. The summed E-state index contributed by atoms with van der Waals surface area (Å²) < 4.78 is 10.7. The summed E-state index contributed by atoms with van der Waals surface area (Å²) in [6, 6.07) is 16.2. The van der Waals surface area contributed by atoms with Gasteiger partial charge in [-0.2, -0.15) is 5.10 Å². The molecule has 2 aromatic carbocycles. The Balaban J connectivity index is 1.51. The highest BCUT2D eigenvalue weighted by atomic mass is 32.2. The number of carbonyl (C=O) groups is 2. The summed E-state index contributed by atoms with van der Waals surface area (Å²) >= 11 is 1.19. The lowest BCUT2D eigenvalue weighted by atomic mass is 10.1. The lowest BCUT2D eigenvalue weighted by molar-refractivity contribution is 0.102. The number of amides is 2. The van der Waals surface area contributed by atoms with Crippen LogP contribution in [0.5, 0.6) is 11.5 Å². The van der Waals surface area contributed by atoms with Crippen LogP contribution in [0.2, 0.25) is 0 Å². The van der Waals surface area contributed by atoms with Crippen LogP contribution in [0.25, 0.3) is 0 Å². The molecular weight excluding hydrogens is 440 g/mol. The van der Waals surface area contributed by atoms with Gasteiger partial charge in [-0.25, -0.2) is 5.01 Å². The first-order valence-corrected chi connectivity index (χ1v) is 11.1. The second-order valence-electron chi connectivity index (χ2n) is 7.12. The molecule has 168 valence electrons. The molecule has 0 radical (unpaired) electrons. The number of anilines is 1. The number of hydrogen-bond acceptors (Lipinski definition) is 7. The van der Waals surface area contributed by atoms with Crippen molar-refractivity contribution in [2.75, 3.05) is 25.3 Å². The summed E-state index contributed by atoms with van der Waals surface area (Å²) in [6.45, 7) is 0.279. The Bertz CT molecular complexity index is 1200. The highest BCUT2D eigenvalue weighted by Crippen LogP contribution is 2.30. The second-order valence-corrected chi connectivity index (χ2v) is 8.05. The fourth-order valence-electron chi connectivity index (χ4n) is 3.30. The minimum Gasteiger partial charge on any atom is -0.493 e. The summed E-state index contributed by atoms with van der Waals surface area (Å²) in [5.41, 5.74) is 3.62. The molecule has 2 amide bonds. The summed E-state index contributed by atoms with van der Waals surface area (Å²) in [6.07, 6.45) is 3.14. The minimum absolute atomic E-state index is 0.134. The number of ether oxygens (including phenoxy) is 2. The predicted molar refractivity (Wildman–Crippen MR) is 128 cm³/mol. The maximum Gasteiger partial charge on any atom is 0.302 e. The Labute approximate surface area is 195 Å². The zero-order valence-electron chi connectivity index (χ0n) is 18.1. The highest BCUT2D eigenvalue weighted by Gasteiger charge is 2.23. The number of nitrogens with zero attached hydrogens (tertiary/aromatic N) is 3. The third-order valence-corrected chi connectivity index (χ3v) is 5.84. The number of thioether (sulfide) groups is 1. The lowest BCUT2D eigenvalue weighted by Crippen LogP contribution is -2.29. The molecule has 1 aromatic heterocycles. The Morgan fingerprint density at radius 1 is 1.06 bits per heavy atom. The van der Waals surface area contributed by atoms with Crippen molar-refractivity contribution in [1.29, 1.82) is 0 Å². The van der Waals surface area contributed by atoms with Crippen molar-refractivity contribution in [1.82, 2.24) is 9.99 Å². The van der Waals surface area contributed by atoms with Crippen LogP contribution < -0.4 is 14.8 Å². The Hall–Kier alpha value is -3.85. The molecule has 0 fully saturated rings. The van der Waals surface area contributed by atoms with E-state index >= 15 is 0 Å². The van der Waals surface area contributed by atoms with Gasteiger partial charge < -0.3 is 14.8 Å². The largest absolute Gasteiger partial charge is 0.493 e. The van der Waals surface area contributed by atoms with Gasteiger partial charge in [0.2, 0.25) is 0 Å². The molecule has 9 heteroatoms. The van der Waals surface area contributed by atoms with Gasteiger partial charge in [0.15, 0.2) is 11.5 Å². The van der Waals surface area contributed by atoms with Crippen molar-refractivity contribution >= 4 is 34.3 Å². The maximum atomic E-state index is 12.5. The van der Waals surface area contributed by atoms with E-state index in [2.05, 4.69) is 15.4 Å². The number of nitrogens with one attached hydrogen (secondary N) is 1. The van der Waals surface area contributed by atoms with Crippen molar-refractivity contribution in [3.05, 3.63) is 83.7 Å². The number of benzene rings is 2. The SMILES string of the molecule is COc1ccc(C2=NN(Cc3cccc(NC(=O)c4ccncc4)c3)C(=O)SC2)cc1OC. The molecule has 1 aliphatic rings. The average molecular weight is 463 g/mol. The molecule has 0 aliphatic carbocycles. The second kappa shape index (κ2) is 10.2. The minimum atomic E-state index is -0.229. The van der Waals surface area contributed by atoms with Crippen molar-refractivity contribution in [2.24, 2.45) is 5.10 Å². The molecule has 0 saturated carbocycles. The van der Waals surface area contributed by atoms with Crippen LogP contribution in [0.3, 0.4) is 0 Å². The molecule has 1 aliphatic heterocycles. The maximum absolute atomic E-state index is 12.5. The first-order valence-electron chi connectivity index (χ1n) is 10.1. The van der Waals surface area contributed by atoms with Gasteiger partial charge in [0.05, 0.1) is 26.5 Å². The average Bonchev–Trinajstić information content (AvgIpc) is 2.85. The van der Waals surface area contributed by atoms with Crippen LogP contribution in [0.1, 0.15) is 21.5 Å². The molecule has 33 heavy (non-hydrogen) atoms. The number of rotatable bonds is 7. The highest BCUT2D eigenvalue weighted by molar-refractivity contribution is 8.14. The van der Waals surface area contributed by atoms with E-state index in [4.69, 9.17) is 9.47 Å². The molecule has 0 unspecified atom stereocenters. The van der Waals surface area contributed by atoms with E-state index in [9.17, 15) is 9.59 Å². The van der Waals surface area contributed by atoms with Gasteiger partial charge >= 0.3 is 5.24 Å². The standard InChI is InChI=1S/C24H22N4O4S/c1-31-21-7-6-18(13-22(21)32-2)20-15-33-24(30)28(27-20)14-16-4-3-5-19(12-16)26-23(29)17-8-10-25-11-9-17/h3-13H,14-15H2,1-2H3,(H,26,29). The first-order chi connectivity index (χ1) is 16.1.